The molecule has 0 atom stereocenters. The van der Waals surface area contributed by atoms with Crippen LogP contribution in [-0.4, -0.2) is 15.4 Å². The first kappa shape index (κ1) is 15.7. The smallest absolute Gasteiger partial charge is 0.319 e. The monoisotopic (exact) mass is 326 g/mol. The van der Waals surface area contributed by atoms with Crippen LogP contribution >= 0.6 is 0 Å². The van der Waals surface area contributed by atoms with E-state index in [1.807, 2.05) is 6.92 Å². The summed E-state index contributed by atoms with van der Waals surface area (Å²) in [5.74, 6) is -0.339. The summed E-state index contributed by atoms with van der Waals surface area (Å²) >= 11 is 0. The number of hydrogen-bond donors (Lipinski definition) is 2. The number of fused-ring (bicyclic) bond motifs is 1. The van der Waals surface area contributed by atoms with Crippen molar-refractivity contribution in [3.8, 4) is 0 Å². The molecule has 0 spiro atoms. The number of urea groups is 1. The molecule has 3 rings (SSSR count). The van der Waals surface area contributed by atoms with E-state index >= 15 is 0 Å². The van der Waals surface area contributed by atoms with Crippen molar-refractivity contribution >= 4 is 17.4 Å². The van der Waals surface area contributed by atoms with Crippen molar-refractivity contribution < 1.29 is 9.18 Å². The Bertz CT molecular complexity index is 951. The van der Waals surface area contributed by atoms with Crippen LogP contribution in [-0.2, 0) is 6.54 Å². The quantitative estimate of drug-likeness (QED) is 0.776. The van der Waals surface area contributed by atoms with Gasteiger partial charge in [-0.05, 0) is 42.3 Å². The van der Waals surface area contributed by atoms with E-state index in [0.717, 1.165) is 11.1 Å². The van der Waals surface area contributed by atoms with Crippen molar-refractivity contribution in [2.24, 2.45) is 0 Å². The van der Waals surface area contributed by atoms with Crippen molar-refractivity contribution in [2.45, 2.75) is 13.5 Å². The van der Waals surface area contributed by atoms with E-state index in [2.05, 4.69) is 15.6 Å². The minimum absolute atomic E-state index is 0.0768. The van der Waals surface area contributed by atoms with E-state index in [0.29, 0.717) is 5.65 Å². The number of anilines is 1. The molecule has 2 heterocycles. The summed E-state index contributed by atoms with van der Waals surface area (Å²) in [6.07, 6.45) is 2.94. The van der Waals surface area contributed by atoms with Gasteiger partial charge in [-0.2, -0.15) is 0 Å². The van der Waals surface area contributed by atoms with Crippen molar-refractivity contribution in [3.63, 3.8) is 0 Å². The van der Waals surface area contributed by atoms with Crippen LogP contribution in [0.5, 0.6) is 0 Å². The average Bonchev–Trinajstić information content (AvgIpc) is 2.57. The van der Waals surface area contributed by atoms with Crippen LogP contribution in [0, 0.1) is 12.7 Å². The third-order valence-electron chi connectivity index (χ3n) is 3.48. The first-order chi connectivity index (χ1) is 11.5. The molecule has 0 aliphatic heterocycles. The molecule has 2 aromatic heterocycles. The molecule has 122 valence electrons. The molecule has 2 amide bonds. The zero-order valence-electron chi connectivity index (χ0n) is 12.9. The van der Waals surface area contributed by atoms with Crippen LogP contribution < -0.4 is 16.2 Å². The van der Waals surface area contributed by atoms with E-state index in [1.165, 1.54) is 22.7 Å². The molecule has 0 saturated carbocycles. The Kier molecular flexibility index (Phi) is 4.24. The van der Waals surface area contributed by atoms with Gasteiger partial charge in [0, 0.05) is 12.7 Å². The fraction of sp³-hybridized carbons (Fsp3) is 0.118. The number of amides is 2. The summed E-state index contributed by atoms with van der Waals surface area (Å²) in [6.45, 7) is 2.12. The lowest BCUT2D eigenvalue weighted by molar-refractivity contribution is 0.251. The summed E-state index contributed by atoms with van der Waals surface area (Å²) in [4.78, 5) is 28.4. The first-order valence-corrected chi connectivity index (χ1v) is 7.30. The highest BCUT2D eigenvalue weighted by molar-refractivity contribution is 5.88. The summed E-state index contributed by atoms with van der Waals surface area (Å²) in [5, 5.41) is 5.08. The zero-order chi connectivity index (χ0) is 17.1. The summed E-state index contributed by atoms with van der Waals surface area (Å²) in [6, 6.07) is 8.81. The Labute approximate surface area is 137 Å². The Balaban J connectivity index is 1.71. The Morgan fingerprint density at radius 1 is 1.25 bits per heavy atom. The molecular formula is C17H15FN4O2. The summed E-state index contributed by atoms with van der Waals surface area (Å²) < 4.78 is 14.2. The SMILES string of the molecule is Cc1ccn2c(=O)c(NC(=O)NCc3ccc(F)cc3)cnc2c1. The number of pyridine rings is 1. The molecule has 0 unspecified atom stereocenters. The zero-order valence-corrected chi connectivity index (χ0v) is 12.9. The van der Waals surface area contributed by atoms with Crippen LogP contribution in [0.25, 0.3) is 5.65 Å². The maximum absolute atomic E-state index is 12.8. The Morgan fingerprint density at radius 3 is 2.75 bits per heavy atom. The average molecular weight is 326 g/mol. The van der Waals surface area contributed by atoms with Gasteiger partial charge in [0.25, 0.3) is 5.56 Å². The third kappa shape index (κ3) is 3.40. The Hall–Kier alpha value is -3.22. The lowest BCUT2D eigenvalue weighted by Crippen LogP contribution is -2.31. The van der Waals surface area contributed by atoms with E-state index in [-0.39, 0.29) is 23.6 Å². The molecule has 0 radical (unpaired) electrons. The van der Waals surface area contributed by atoms with Gasteiger partial charge in [0.15, 0.2) is 0 Å². The molecule has 0 bridgehead atoms. The van der Waals surface area contributed by atoms with Crippen molar-refractivity contribution in [1.29, 1.82) is 0 Å². The van der Waals surface area contributed by atoms with Gasteiger partial charge in [-0.15, -0.1) is 0 Å². The van der Waals surface area contributed by atoms with Crippen molar-refractivity contribution in [3.05, 3.63) is 76.1 Å². The van der Waals surface area contributed by atoms with Crippen LogP contribution in [0.4, 0.5) is 14.9 Å². The van der Waals surface area contributed by atoms with Gasteiger partial charge in [0.05, 0.1) is 6.20 Å². The minimum Gasteiger partial charge on any atom is -0.334 e. The van der Waals surface area contributed by atoms with Crippen LogP contribution in [0.15, 0.2) is 53.6 Å². The molecule has 7 heteroatoms. The maximum Gasteiger partial charge on any atom is 0.319 e. The third-order valence-corrected chi connectivity index (χ3v) is 3.48. The highest BCUT2D eigenvalue weighted by Gasteiger charge is 2.08. The molecule has 3 aromatic rings. The molecule has 2 N–H and O–H groups in total. The molecule has 6 nitrogen and oxygen atoms in total. The summed E-state index contributed by atoms with van der Waals surface area (Å²) in [5.41, 5.74) is 1.96. The van der Waals surface area contributed by atoms with Crippen molar-refractivity contribution in [1.82, 2.24) is 14.7 Å². The number of aryl methyl sites for hydroxylation is 1. The largest absolute Gasteiger partial charge is 0.334 e. The summed E-state index contributed by atoms with van der Waals surface area (Å²) in [7, 11) is 0. The highest BCUT2D eigenvalue weighted by Crippen LogP contribution is 2.05. The number of halogens is 1. The number of carbonyl (C=O) groups excluding carboxylic acids is 1. The van der Waals surface area contributed by atoms with Gasteiger partial charge in [0.2, 0.25) is 0 Å². The van der Waals surface area contributed by atoms with Gasteiger partial charge >= 0.3 is 6.03 Å². The van der Waals surface area contributed by atoms with Crippen LogP contribution in [0.2, 0.25) is 0 Å². The van der Waals surface area contributed by atoms with E-state index in [9.17, 15) is 14.0 Å². The molecule has 1 aromatic carbocycles. The van der Waals surface area contributed by atoms with E-state index in [1.54, 1.807) is 30.5 Å². The molecular weight excluding hydrogens is 311 g/mol. The highest BCUT2D eigenvalue weighted by atomic mass is 19.1. The lowest BCUT2D eigenvalue weighted by Gasteiger charge is -2.08. The number of nitrogens with one attached hydrogen (secondary N) is 2. The normalized spacial score (nSPS) is 10.6. The number of carbonyl (C=O) groups is 1. The minimum atomic E-state index is -0.537. The molecule has 0 saturated heterocycles. The number of hydrogen-bond acceptors (Lipinski definition) is 3. The fourth-order valence-corrected chi connectivity index (χ4v) is 2.21. The van der Waals surface area contributed by atoms with Crippen molar-refractivity contribution in [2.75, 3.05) is 5.32 Å². The number of aromatic nitrogens is 2. The fourth-order valence-electron chi connectivity index (χ4n) is 2.21. The van der Waals surface area contributed by atoms with Gasteiger partial charge in [-0.1, -0.05) is 12.1 Å². The molecule has 0 aliphatic rings. The molecule has 0 fully saturated rings. The van der Waals surface area contributed by atoms with Gasteiger partial charge in [-0.25, -0.2) is 14.2 Å². The number of rotatable bonds is 3. The number of benzene rings is 1. The van der Waals surface area contributed by atoms with Gasteiger partial charge in [-0.3, -0.25) is 9.20 Å². The van der Waals surface area contributed by atoms with Crippen LogP contribution in [0.3, 0.4) is 0 Å². The van der Waals surface area contributed by atoms with E-state index in [4.69, 9.17) is 0 Å². The molecule has 24 heavy (non-hydrogen) atoms. The lowest BCUT2D eigenvalue weighted by atomic mass is 10.2. The standard InChI is InChI=1S/C17H15FN4O2/c1-11-6-7-22-15(8-11)19-10-14(16(22)23)21-17(24)20-9-12-2-4-13(18)5-3-12/h2-8,10H,9H2,1H3,(H2,20,21,24). The Morgan fingerprint density at radius 2 is 2.00 bits per heavy atom. The van der Waals surface area contributed by atoms with Gasteiger partial charge in [0.1, 0.15) is 17.2 Å². The predicted molar refractivity (Wildman–Crippen MR) is 88.5 cm³/mol. The van der Waals surface area contributed by atoms with Crippen LogP contribution in [0.1, 0.15) is 11.1 Å². The predicted octanol–water partition coefficient (Wildman–Crippen LogP) is 2.46. The molecule has 0 aliphatic carbocycles. The first-order valence-electron chi connectivity index (χ1n) is 7.30. The van der Waals surface area contributed by atoms with E-state index < -0.39 is 6.03 Å². The second-order valence-corrected chi connectivity index (χ2v) is 5.34. The number of nitrogens with zero attached hydrogens (tertiary/aromatic N) is 2. The second-order valence-electron chi connectivity index (χ2n) is 5.34. The second kappa shape index (κ2) is 6.49. The maximum atomic E-state index is 12.8. The topological polar surface area (TPSA) is 75.5 Å². The van der Waals surface area contributed by atoms with Gasteiger partial charge < -0.3 is 10.6 Å².